The van der Waals surface area contributed by atoms with Gasteiger partial charge in [-0.2, -0.15) is 0 Å². The summed E-state index contributed by atoms with van der Waals surface area (Å²) in [7, 11) is 0. The van der Waals surface area contributed by atoms with E-state index in [0.29, 0.717) is 0 Å². The summed E-state index contributed by atoms with van der Waals surface area (Å²) in [4.78, 5) is 10.2. The smallest absolute Gasteiger partial charge is 0.0636 e. The summed E-state index contributed by atoms with van der Waals surface area (Å²) in [6.07, 6.45) is 26.8. The first-order valence-electron chi connectivity index (χ1n) is 17.5. The second-order valence-corrected chi connectivity index (χ2v) is 12.1. The molecule has 42 heavy (non-hydrogen) atoms. The Hall–Kier alpha value is -1.56. The van der Waals surface area contributed by atoms with Crippen LogP contribution in [0.4, 0.5) is 11.4 Å². The first-order valence-corrected chi connectivity index (χ1v) is 17.5. The maximum atomic E-state index is 5.19. The van der Waals surface area contributed by atoms with Crippen LogP contribution in [0.1, 0.15) is 160 Å². The van der Waals surface area contributed by atoms with E-state index in [1.807, 2.05) is 0 Å². The van der Waals surface area contributed by atoms with Crippen molar-refractivity contribution < 1.29 is 20.4 Å². The first-order chi connectivity index (χ1) is 20.1. The molecular weight excluding hydrogens is 603 g/mol. The summed E-state index contributed by atoms with van der Waals surface area (Å²) in [6, 6.07) is 13.9. The van der Waals surface area contributed by atoms with Gasteiger partial charge in [-0.3, -0.25) is 9.98 Å². The molecule has 0 amide bonds. The van der Waals surface area contributed by atoms with Crippen molar-refractivity contribution in [2.24, 2.45) is 9.98 Å². The fourth-order valence-electron chi connectivity index (χ4n) is 5.61. The maximum Gasteiger partial charge on any atom is 0.0636 e. The van der Waals surface area contributed by atoms with Crippen molar-refractivity contribution >= 4 is 23.3 Å². The van der Waals surface area contributed by atoms with Gasteiger partial charge in [0.25, 0.3) is 0 Å². The Kier molecular flexibility index (Phi) is 22.7. The van der Waals surface area contributed by atoms with E-state index in [1.165, 1.54) is 144 Å². The van der Waals surface area contributed by atoms with E-state index in [1.54, 1.807) is 0 Å². The minimum absolute atomic E-state index is 0. The Morgan fingerprint density at radius 2 is 0.905 bits per heavy atom. The van der Waals surface area contributed by atoms with Crippen LogP contribution in [-0.2, 0) is 46.1 Å². The number of aliphatic imine (C=N–C) groups is 2. The van der Waals surface area contributed by atoms with E-state index >= 15 is 0 Å². The van der Waals surface area contributed by atoms with Crippen LogP contribution in [0.25, 0.3) is 0 Å². The van der Waals surface area contributed by atoms with Gasteiger partial charge in [0.1, 0.15) is 0 Å². The van der Waals surface area contributed by atoms with Crippen molar-refractivity contribution in [3.05, 3.63) is 58.7 Å². The van der Waals surface area contributed by atoms with Crippen LogP contribution < -0.4 is 0 Å². The van der Waals surface area contributed by atoms with Gasteiger partial charge in [-0.25, -0.2) is 0 Å². The zero-order chi connectivity index (χ0) is 29.5. The molecule has 0 fully saturated rings. The molecule has 3 heteroatoms. The Balaban J connectivity index is 0.00000882. The van der Waals surface area contributed by atoms with E-state index in [2.05, 4.69) is 77.2 Å². The van der Waals surface area contributed by atoms with E-state index in [0.717, 1.165) is 23.5 Å². The van der Waals surface area contributed by atoms with E-state index < -0.39 is 0 Å². The van der Waals surface area contributed by atoms with Crippen molar-refractivity contribution in [3.8, 4) is 0 Å². The third-order valence-electron chi connectivity index (χ3n) is 8.25. The van der Waals surface area contributed by atoms with Crippen molar-refractivity contribution in [1.29, 1.82) is 0 Å². The van der Waals surface area contributed by atoms with Gasteiger partial charge >= 0.3 is 0 Å². The molecule has 238 valence electrons. The van der Waals surface area contributed by atoms with E-state index in [9.17, 15) is 0 Å². The standard InChI is InChI=1S/C39H62N2.Pd/c1-6-11-16-21-33-26-28-37(30-35(33)23-18-13-8-3)40-32-39(25-20-15-10-5)41-38-29-27-34(22-17-12-7-2)36(31-38)24-19-14-9-4;/h26-32H,6-25H2,1-5H3;. The Morgan fingerprint density at radius 3 is 1.38 bits per heavy atom. The second-order valence-electron chi connectivity index (χ2n) is 12.1. The zero-order valence-electron chi connectivity index (χ0n) is 27.9. The molecule has 2 nitrogen and oxygen atoms in total. The fraction of sp³-hybridized carbons (Fsp3) is 0.641. The maximum absolute atomic E-state index is 5.19. The SMILES string of the molecule is CCCCCC(C=Nc1ccc(CCCCC)c(CCCCC)c1)=Nc1ccc(CCCCC)c(CCCCC)c1.[Pd]. The minimum Gasteiger partial charge on any atom is -0.255 e. The van der Waals surface area contributed by atoms with Gasteiger partial charge < -0.3 is 0 Å². The molecular formula is C39H62N2Pd. The molecule has 0 atom stereocenters. The summed E-state index contributed by atoms with van der Waals surface area (Å²) in [5, 5.41) is 0. The van der Waals surface area contributed by atoms with Crippen LogP contribution in [0.15, 0.2) is 46.4 Å². The van der Waals surface area contributed by atoms with Gasteiger partial charge in [0, 0.05) is 26.6 Å². The molecule has 0 bridgehead atoms. The second kappa shape index (κ2) is 24.8. The van der Waals surface area contributed by atoms with Crippen LogP contribution in [0.2, 0.25) is 0 Å². The molecule has 0 saturated carbocycles. The number of hydrogen-bond acceptors (Lipinski definition) is 2. The third kappa shape index (κ3) is 15.8. The van der Waals surface area contributed by atoms with Crippen LogP contribution in [-0.4, -0.2) is 11.9 Å². The summed E-state index contributed by atoms with van der Waals surface area (Å²) in [6.45, 7) is 11.4. The Bertz CT molecular complexity index is 1020. The van der Waals surface area contributed by atoms with Gasteiger partial charge in [0.15, 0.2) is 0 Å². The number of benzene rings is 2. The van der Waals surface area contributed by atoms with Gasteiger partial charge in [0.2, 0.25) is 0 Å². The molecule has 0 aliphatic rings. The summed E-state index contributed by atoms with van der Waals surface area (Å²) in [5.41, 5.74) is 9.35. The first kappa shape index (κ1) is 38.5. The predicted octanol–water partition coefficient (Wildman–Crippen LogP) is 12.7. The van der Waals surface area contributed by atoms with E-state index in [-0.39, 0.29) is 20.4 Å². The van der Waals surface area contributed by atoms with Gasteiger partial charge in [0.05, 0.1) is 17.1 Å². The summed E-state index contributed by atoms with van der Waals surface area (Å²) in [5.74, 6) is 0. The molecule has 0 aliphatic carbocycles. The molecule has 0 saturated heterocycles. The van der Waals surface area contributed by atoms with Crippen LogP contribution in [0.3, 0.4) is 0 Å². The normalized spacial score (nSPS) is 11.8. The molecule has 2 rings (SSSR count). The van der Waals surface area contributed by atoms with Crippen molar-refractivity contribution in [3.63, 3.8) is 0 Å². The largest absolute Gasteiger partial charge is 0.255 e. The minimum atomic E-state index is 0. The molecule has 0 aliphatic heterocycles. The van der Waals surface area contributed by atoms with Gasteiger partial charge in [-0.1, -0.05) is 111 Å². The van der Waals surface area contributed by atoms with Crippen LogP contribution in [0, 0.1) is 0 Å². The topological polar surface area (TPSA) is 24.7 Å². The molecule has 2 aromatic carbocycles. The number of rotatable bonds is 23. The monoisotopic (exact) mass is 664 g/mol. The molecule has 0 N–H and O–H groups in total. The summed E-state index contributed by atoms with van der Waals surface area (Å²) >= 11 is 0. The summed E-state index contributed by atoms with van der Waals surface area (Å²) < 4.78 is 0. The van der Waals surface area contributed by atoms with Crippen molar-refractivity contribution in [2.45, 2.75) is 163 Å². The molecule has 2 aromatic rings. The van der Waals surface area contributed by atoms with Crippen molar-refractivity contribution in [1.82, 2.24) is 0 Å². The molecule has 0 radical (unpaired) electrons. The number of nitrogens with zero attached hydrogens (tertiary/aromatic N) is 2. The predicted molar refractivity (Wildman–Crippen MR) is 185 cm³/mol. The molecule has 0 aromatic heterocycles. The quantitative estimate of drug-likeness (QED) is 0.0641. The number of hydrogen-bond donors (Lipinski definition) is 0. The van der Waals surface area contributed by atoms with Gasteiger partial charge in [-0.05, 0) is 111 Å². The van der Waals surface area contributed by atoms with Crippen LogP contribution in [0.5, 0.6) is 0 Å². The number of aryl methyl sites for hydroxylation is 4. The Morgan fingerprint density at radius 1 is 0.500 bits per heavy atom. The number of unbranched alkanes of at least 4 members (excludes halogenated alkanes) is 10. The zero-order valence-corrected chi connectivity index (χ0v) is 29.4. The molecule has 0 spiro atoms. The molecule has 0 unspecified atom stereocenters. The van der Waals surface area contributed by atoms with Crippen molar-refractivity contribution in [2.75, 3.05) is 0 Å². The Labute approximate surface area is 274 Å². The average molecular weight is 665 g/mol. The molecule has 0 heterocycles. The average Bonchev–Trinajstić information content (AvgIpc) is 2.98. The van der Waals surface area contributed by atoms with Gasteiger partial charge in [-0.15, -0.1) is 0 Å². The van der Waals surface area contributed by atoms with E-state index in [4.69, 9.17) is 9.98 Å². The third-order valence-corrected chi connectivity index (χ3v) is 8.25. The van der Waals surface area contributed by atoms with Crippen LogP contribution >= 0.6 is 0 Å². The fourth-order valence-corrected chi connectivity index (χ4v) is 5.61.